The fourth-order valence-corrected chi connectivity index (χ4v) is 2.88. The maximum absolute atomic E-state index is 12.8. The standard InChI is InChI=1S/C16H23N3O3/c1-15(2,12-4-6-13(7-5-12)19(21)22)14(20)18-9-8-16(3,10-17)11-18/h4-7H,8-11,17H2,1-3H3. The molecule has 0 spiro atoms. The van der Waals surface area contributed by atoms with E-state index in [1.165, 1.54) is 12.1 Å². The van der Waals surface area contributed by atoms with Gasteiger partial charge in [0.1, 0.15) is 0 Å². The maximum Gasteiger partial charge on any atom is 0.269 e. The van der Waals surface area contributed by atoms with Crippen LogP contribution in [0.25, 0.3) is 0 Å². The monoisotopic (exact) mass is 305 g/mol. The quantitative estimate of drug-likeness (QED) is 0.681. The number of benzene rings is 1. The average molecular weight is 305 g/mol. The molecule has 1 aliphatic rings. The Labute approximate surface area is 130 Å². The SMILES string of the molecule is CC1(CN)CCN(C(=O)C(C)(C)c2ccc([N+](=O)[O-])cc2)C1. The molecule has 1 aromatic carbocycles. The van der Waals surface area contributed by atoms with Crippen molar-refractivity contribution in [2.75, 3.05) is 19.6 Å². The molecule has 0 radical (unpaired) electrons. The summed E-state index contributed by atoms with van der Waals surface area (Å²) in [7, 11) is 0. The number of likely N-dealkylation sites (tertiary alicyclic amines) is 1. The van der Waals surface area contributed by atoms with Gasteiger partial charge in [0, 0.05) is 25.2 Å². The number of nitro benzene ring substituents is 1. The molecule has 1 amide bonds. The van der Waals surface area contributed by atoms with Crippen molar-refractivity contribution in [3.63, 3.8) is 0 Å². The number of non-ortho nitro benzene ring substituents is 1. The minimum Gasteiger partial charge on any atom is -0.341 e. The van der Waals surface area contributed by atoms with E-state index in [1.54, 1.807) is 12.1 Å². The van der Waals surface area contributed by atoms with Crippen molar-refractivity contribution < 1.29 is 9.72 Å². The van der Waals surface area contributed by atoms with Gasteiger partial charge >= 0.3 is 0 Å². The van der Waals surface area contributed by atoms with Crippen LogP contribution < -0.4 is 5.73 Å². The first-order valence-corrected chi connectivity index (χ1v) is 7.44. The highest BCUT2D eigenvalue weighted by Crippen LogP contribution is 2.33. The summed E-state index contributed by atoms with van der Waals surface area (Å²) in [5, 5.41) is 10.7. The van der Waals surface area contributed by atoms with Crippen LogP contribution in [-0.4, -0.2) is 35.4 Å². The minimum absolute atomic E-state index is 0.0127. The van der Waals surface area contributed by atoms with Gasteiger partial charge in [-0.2, -0.15) is 0 Å². The molecule has 1 unspecified atom stereocenters. The summed E-state index contributed by atoms with van der Waals surface area (Å²) < 4.78 is 0. The molecule has 1 heterocycles. The number of nitrogens with zero attached hydrogens (tertiary/aromatic N) is 2. The van der Waals surface area contributed by atoms with E-state index >= 15 is 0 Å². The number of carbonyl (C=O) groups is 1. The molecule has 0 saturated carbocycles. The number of rotatable bonds is 4. The second-order valence-corrected chi connectivity index (χ2v) is 6.92. The van der Waals surface area contributed by atoms with Gasteiger partial charge in [0.25, 0.3) is 5.69 Å². The van der Waals surface area contributed by atoms with E-state index in [9.17, 15) is 14.9 Å². The largest absolute Gasteiger partial charge is 0.341 e. The molecule has 1 atom stereocenters. The van der Waals surface area contributed by atoms with Crippen molar-refractivity contribution in [2.24, 2.45) is 11.1 Å². The first kappa shape index (κ1) is 16.4. The Balaban J connectivity index is 2.19. The van der Waals surface area contributed by atoms with Crippen LogP contribution in [0.5, 0.6) is 0 Å². The lowest BCUT2D eigenvalue weighted by Gasteiger charge is -2.31. The van der Waals surface area contributed by atoms with Crippen molar-refractivity contribution in [1.82, 2.24) is 4.90 Å². The number of hydrogen-bond acceptors (Lipinski definition) is 4. The van der Waals surface area contributed by atoms with E-state index in [-0.39, 0.29) is 17.0 Å². The van der Waals surface area contributed by atoms with Crippen LogP contribution in [-0.2, 0) is 10.2 Å². The lowest BCUT2D eigenvalue weighted by atomic mass is 9.83. The lowest BCUT2D eigenvalue weighted by molar-refractivity contribution is -0.384. The zero-order chi connectivity index (χ0) is 16.5. The predicted molar refractivity (Wildman–Crippen MR) is 84.5 cm³/mol. The normalized spacial score (nSPS) is 21.9. The number of amides is 1. The zero-order valence-electron chi connectivity index (χ0n) is 13.3. The Hall–Kier alpha value is -1.95. The van der Waals surface area contributed by atoms with Crippen molar-refractivity contribution >= 4 is 11.6 Å². The maximum atomic E-state index is 12.8. The number of hydrogen-bond donors (Lipinski definition) is 1. The Kier molecular flexibility index (Phi) is 4.24. The molecular weight excluding hydrogens is 282 g/mol. The van der Waals surface area contributed by atoms with E-state index in [0.717, 1.165) is 12.0 Å². The van der Waals surface area contributed by atoms with Gasteiger partial charge in [0.2, 0.25) is 5.91 Å². The van der Waals surface area contributed by atoms with Crippen molar-refractivity contribution in [3.05, 3.63) is 39.9 Å². The highest BCUT2D eigenvalue weighted by Gasteiger charge is 2.40. The summed E-state index contributed by atoms with van der Waals surface area (Å²) in [6, 6.07) is 6.21. The first-order chi connectivity index (χ1) is 10.2. The number of carbonyl (C=O) groups excluding carboxylic acids is 1. The summed E-state index contributed by atoms with van der Waals surface area (Å²) in [6.45, 7) is 7.75. The average Bonchev–Trinajstić information content (AvgIpc) is 2.89. The molecule has 120 valence electrons. The molecule has 1 fully saturated rings. The Morgan fingerprint density at radius 2 is 2.00 bits per heavy atom. The van der Waals surface area contributed by atoms with Crippen LogP contribution >= 0.6 is 0 Å². The van der Waals surface area contributed by atoms with Crippen LogP contribution in [0.2, 0.25) is 0 Å². The Morgan fingerprint density at radius 1 is 1.41 bits per heavy atom. The first-order valence-electron chi connectivity index (χ1n) is 7.44. The molecule has 0 bridgehead atoms. The van der Waals surface area contributed by atoms with E-state index in [0.29, 0.717) is 19.6 Å². The van der Waals surface area contributed by atoms with Gasteiger partial charge in [0.05, 0.1) is 10.3 Å². The summed E-state index contributed by atoms with van der Waals surface area (Å²) in [5.41, 5.74) is 5.88. The van der Waals surface area contributed by atoms with Crippen molar-refractivity contribution in [3.8, 4) is 0 Å². The number of nitrogens with two attached hydrogens (primary N) is 1. The molecule has 0 aliphatic carbocycles. The topological polar surface area (TPSA) is 89.5 Å². The molecule has 1 aromatic rings. The van der Waals surface area contributed by atoms with Crippen molar-refractivity contribution in [1.29, 1.82) is 0 Å². The molecule has 0 aromatic heterocycles. The second kappa shape index (κ2) is 5.68. The van der Waals surface area contributed by atoms with Crippen molar-refractivity contribution in [2.45, 2.75) is 32.6 Å². The van der Waals surface area contributed by atoms with E-state index in [2.05, 4.69) is 6.92 Å². The highest BCUT2D eigenvalue weighted by molar-refractivity contribution is 5.87. The van der Waals surface area contributed by atoms with Crippen LogP contribution in [0.4, 0.5) is 5.69 Å². The molecular formula is C16H23N3O3. The second-order valence-electron chi connectivity index (χ2n) is 6.92. The molecule has 22 heavy (non-hydrogen) atoms. The van der Waals surface area contributed by atoms with Gasteiger partial charge in [0.15, 0.2) is 0 Å². The summed E-state index contributed by atoms with van der Waals surface area (Å²) in [4.78, 5) is 25.0. The Bertz CT molecular complexity index is 583. The van der Waals surface area contributed by atoms with Gasteiger partial charge in [-0.1, -0.05) is 19.1 Å². The highest BCUT2D eigenvalue weighted by atomic mass is 16.6. The summed E-state index contributed by atoms with van der Waals surface area (Å²) in [6.07, 6.45) is 0.908. The predicted octanol–water partition coefficient (Wildman–Crippen LogP) is 2.07. The molecule has 1 aliphatic heterocycles. The fourth-order valence-electron chi connectivity index (χ4n) is 2.88. The van der Waals surface area contributed by atoms with Gasteiger partial charge in [-0.3, -0.25) is 14.9 Å². The third kappa shape index (κ3) is 2.97. The fraction of sp³-hybridized carbons (Fsp3) is 0.562. The van der Waals surface area contributed by atoms with Crippen LogP contribution in [0.15, 0.2) is 24.3 Å². The third-order valence-corrected chi connectivity index (χ3v) is 4.67. The van der Waals surface area contributed by atoms with Gasteiger partial charge < -0.3 is 10.6 Å². The zero-order valence-corrected chi connectivity index (χ0v) is 13.3. The van der Waals surface area contributed by atoms with Crippen LogP contribution in [0.1, 0.15) is 32.8 Å². The van der Waals surface area contributed by atoms with Crippen LogP contribution in [0, 0.1) is 15.5 Å². The third-order valence-electron chi connectivity index (χ3n) is 4.67. The molecule has 6 nitrogen and oxygen atoms in total. The smallest absolute Gasteiger partial charge is 0.269 e. The molecule has 2 N–H and O–H groups in total. The minimum atomic E-state index is -0.713. The van der Waals surface area contributed by atoms with Gasteiger partial charge in [-0.15, -0.1) is 0 Å². The van der Waals surface area contributed by atoms with Gasteiger partial charge in [-0.05, 0) is 37.8 Å². The number of nitro groups is 1. The van der Waals surface area contributed by atoms with Crippen LogP contribution in [0.3, 0.4) is 0 Å². The molecule has 6 heteroatoms. The van der Waals surface area contributed by atoms with E-state index < -0.39 is 10.3 Å². The molecule has 1 saturated heterocycles. The molecule has 2 rings (SSSR count). The van der Waals surface area contributed by atoms with Gasteiger partial charge in [-0.25, -0.2) is 0 Å². The summed E-state index contributed by atoms with van der Waals surface area (Å²) in [5.74, 6) is 0.0403. The summed E-state index contributed by atoms with van der Waals surface area (Å²) >= 11 is 0. The Morgan fingerprint density at radius 3 is 2.45 bits per heavy atom. The van der Waals surface area contributed by atoms with E-state index in [1.807, 2.05) is 18.7 Å². The lowest BCUT2D eigenvalue weighted by Crippen LogP contribution is -2.43. The van der Waals surface area contributed by atoms with E-state index in [4.69, 9.17) is 5.73 Å².